The van der Waals surface area contributed by atoms with E-state index in [0.29, 0.717) is 35.9 Å². The summed E-state index contributed by atoms with van der Waals surface area (Å²) in [5, 5.41) is 22.2. The first-order chi connectivity index (χ1) is 9.63. The highest BCUT2D eigenvalue weighted by molar-refractivity contribution is 5.97. The Labute approximate surface area is 114 Å². The lowest BCUT2D eigenvalue weighted by molar-refractivity contribution is -0.141. The molecule has 20 heavy (non-hydrogen) atoms. The van der Waals surface area contributed by atoms with E-state index in [1.54, 1.807) is 18.2 Å². The molecule has 1 amide bonds. The van der Waals surface area contributed by atoms with Crippen LogP contribution in [0.5, 0.6) is 0 Å². The SMILES string of the molecule is O=C(NC1CCC(C(=O)O)C1)c1ccc2n[nH]nc2c1. The summed E-state index contributed by atoms with van der Waals surface area (Å²) in [5.74, 6) is -1.34. The van der Waals surface area contributed by atoms with Gasteiger partial charge in [-0.2, -0.15) is 15.4 Å². The molecule has 0 bridgehead atoms. The summed E-state index contributed by atoms with van der Waals surface area (Å²) in [5.41, 5.74) is 1.84. The first kappa shape index (κ1) is 12.6. The van der Waals surface area contributed by atoms with E-state index >= 15 is 0 Å². The Kier molecular flexibility index (Phi) is 3.09. The summed E-state index contributed by atoms with van der Waals surface area (Å²) in [6.45, 7) is 0. The van der Waals surface area contributed by atoms with Gasteiger partial charge >= 0.3 is 5.97 Å². The molecule has 104 valence electrons. The average Bonchev–Trinajstić information content (AvgIpc) is 3.05. The number of benzene rings is 1. The number of amides is 1. The van der Waals surface area contributed by atoms with Crippen molar-refractivity contribution in [3.63, 3.8) is 0 Å². The largest absolute Gasteiger partial charge is 0.481 e. The van der Waals surface area contributed by atoms with Crippen LogP contribution in [0.1, 0.15) is 29.6 Å². The lowest BCUT2D eigenvalue weighted by Gasteiger charge is -2.12. The topological polar surface area (TPSA) is 108 Å². The van der Waals surface area contributed by atoms with Crippen LogP contribution in [0, 0.1) is 5.92 Å². The molecule has 1 aromatic heterocycles. The molecule has 2 unspecified atom stereocenters. The first-order valence-corrected chi connectivity index (χ1v) is 6.47. The van der Waals surface area contributed by atoms with Crippen LogP contribution in [0.25, 0.3) is 11.0 Å². The highest BCUT2D eigenvalue weighted by Crippen LogP contribution is 2.26. The second-order valence-electron chi connectivity index (χ2n) is 5.05. The lowest BCUT2D eigenvalue weighted by atomic mass is 10.1. The van der Waals surface area contributed by atoms with Gasteiger partial charge in [0.05, 0.1) is 5.92 Å². The minimum atomic E-state index is -0.786. The van der Waals surface area contributed by atoms with Gasteiger partial charge in [-0.25, -0.2) is 0 Å². The van der Waals surface area contributed by atoms with Crippen LogP contribution in [0.4, 0.5) is 0 Å². The standard InChI is InChI=1S/C13H14N4O3/c18-12(14-9-3-1-8(5-9)13(19)20)7-2-4-10-11(6-7)16-17-15-10/h2,4,6,8-9H,1,3,5H2,(H,14,18)(H,19,20)(H,15,16,17). The minimum absolute atomic E-state index is 0.0726. The summed E-state index contributed by atoms with van der Waals surface area (Å²) >= 11 is 0. The van der Waals surface area contributed by atoms with Crippen LogP contribution in [0.3, 0.4) is 0 Å². The van der Waals surface area contributed by atoms with Gasteiger partial charge < -0.3 is 10.4 Å². The fourth-order valence-corrected chi connectivity index (χ4v) is 2.59. The number of carbonyl (C=O) groups is 2. The summed E-state index contributed by atoms with van der Waals surface area (Å²) in [6.07, 6.45) is 1.81. The molecule has 2 aromatic rings. The molecule has 3 rings (SSSR count). The van der Waals surface area contributed by atoms with Crippen LogP contribution in [-0.4, -0.2) is 38.4 Å². The number of nitrogens with one attached hydrogen (secondary N) is 2. The quantitative estimate of drug-likeness (QED) is 0.772. The molecule has 1 heterocycles. The third-order valence-electron chi connectivity index (χ3n) is 3.70. The monoisotopic (exact) mass is 274 g/mol. The second-order valence-corrected chi connectivity index (χ2v) is 5.05. The van der Waals surface area contributed by atoms with Gasteiger partial charge in [-0.15, -0.1) is 0 Å². The van der Waals surface area contributed by atoms with E-state index in [1.165, 1.54) is 0 Å². The number of rotatable bonds is 3. The predicted molar refractivity (Wildman–Crippen MR) is 70.1 cm³/mol. The molecule has 1 aliphatic carbocycles. The number of hydrogen-bond acceptors (Lipinski definition) is 4. The molecule has 1 fully saturated rings. The Morgan fingerprint density at radius 3 is 2.80 bits per heavy atom. The number of nitrogens with zero attached hydrogens (tertiary/aromatic N) is 2. The Morgan fingerprint density at radius 2 is 2.05 bits per heavy atom. The van der Waals surface area contributed by atoms with Crippen LogP contribution in [-0.2, 0) is 4.79 Å². The molecule has 0 radical (unpaired) electrons. The molecule has 7 nitrogen and oxygen atoms in total. The number of carboxylic acids is 1. The van der Waals surface area contributed by atoms with Crippen molar-refractivity contribution >= 4 is 22.9 Å². The van der Waals surface area contributed by atoms with Crippen LogP contribution < -0.4 is 5.32 Å². The maximum absolute atomic E-state index is 12.1. The van der Waals surface area contributed by atoms with E-state index < -0.39 is 5.97 Å². The third kappa shape index (κ3) is 2.34. The van der Waals surface area contributed by atoms with E-state index in [4.69, 9.17) is 5.11 Å². The highest BCUT2D eigenvalue weighted by Gasteiger charge is 2.30. The Bertz CT molecular complexity index is 666. The number of aromatic nitrogens is 3. The van der Waals surface area contributed by atoms with Gasteiger partial charge in [-0.3, -0.25) is 9.59 Å². The van der Waals surface area contributed by atoms with Gasteiger partial charge in [-0.05, 0) is 37.5 Å². The number of carboxylic acid groups (broad SMARTS) is 1. The number of fused-ring (bicyclic) bond motifs is 1. The summed E-state index contributed by atoms with van der Waals surface area (Å²) in [7, 11) is 0. The average molecular weight is 274 g/mol. The zero-order chi connectivity index (χ0) is 14.1. The molecule has 0 spiro atoms. The zero-order valence-corrected chi connectivity index (χ0v) is 10.7. The zero-order valence-electron chi connectivity index (χ0n) is 10.7. The molecule has 3 N–H and O–H groups in total. The molecule has 1 saturated carbocycles. The van der Waals surface area contributed by atoms with Gasteiger partial charge in [0, 0.05) is 11.6 Å². The van der Waals surface area contributed by atoms with Crippen molar-refractivity contribution < 1.29 is 14.7 Å². The van der Waals surface area contributed by atoms with Crippen LogP contribution in [0.15, 0.2) is 18.2 Å². The molecule has 1 aliphatic rings. The Balaban J connectivity index is 1.68. The first-order valence-electron chi connectivity index (χ1n) is 6.47. The molecule has 7 heteroatoms. The number of carbonyl (C=O) groups excluding carboxylic acids is 1. The Hall–Kier alpha value is -2.44. The lowest BCUT2D eigenvalue weighted by Crippen LogP contribution is -2.33. The van der Waals surface area contributed by atoms with E-state index in [2.05, 4.69) is 20.7 Å². The number of H-pyrrole nitrogens is 1. The van der Waals surface area contributed by atoms with E-state index in [9.17, 15) is 9.59 Å². The van der Waals surface area contributed by atoms with E-state index in [-0.39, 0.29) is 17.9 Å². The van der Waals surface area contributed by atoms with Crippen molar-refractivity contribution in [2.75, 3.05) is 0 Å². The molecule has 2 atom stereocenters. The van der Waals surface area contributed by atoms with E-state index in [0.717, 1.165) is 0 Å². The summed E-state index contributed by atoms with van der Waals surface area (Å²) < 4.78 is 0. The number of hydrogen-bond donors (Lipinski definition) is 3. The molecule has 0 saturated heterocycles. The predicted octanol–water partition coefficient (Wildman–Crippen LogP) is 0.941. The van der Waals surface area contributed by atoms with Crippen molar-refractivity contribution in [2.45, 2.75) is 25.3 Å². The van der Waals surface area contributed by atoms with Gasteiger partial charge in [0.1, 0.15) is 11.0 Å². The van der Waals surface area contributed by atoms with Gasteiger partial charge in [-0.1, -0.05) is 0 Å². The maximum Gasteiger partial charge on any atom is 0.306 e. The number of aliphatic carboxylic acids is 1. The number of aromatic amines is 1. The van der Waals surface area contributed by atoms with Crippen molar-refractivity contribution in [3.05, 3.63) is 23.8 Å². The fraction of sp³-hybridized carbons (Fsp3) is 0.385. The van der Waals surface area contributed by atoms with Gasteiger partial charge in [0.25, 0.3) is 5.91 Å². The summed E-state index contributed by atoms with van der Waals surface area (Å²) in [6, 6.07) is 5.00. The molecule has 1 aromatic carbocycles. The van der Waals surface area contributed by atoms with Crippen molar-refractivity contribution in [2.24, 2.45) is 5.92 Å². The third-order valence-corrected chi connectivity index (χ3v) is 3.70. The van der Waals surface area contributed by atoms with Crippen molar-refractivity contribution in [1.82, 2.24) is 20.7 Å². The van der Waals surface area contributed by atoms with E-state index in [1.807, 2.05) is 0 Å². The second kappa shape index (κ2) is 4.92. The smallest absolute Gasteiger partial charge is 0.306 e. The van der Waals surface area contributed by atoms with Gasteiger partial charge in [0.15, 0.2) is 0 Å². The Morgan fingerprint density at radius 1 is 1.25 bits per heavy atom. The van der Waals surface area contributed by atoms with Crippen LogP contribution >= 0.6 is 0 Å². The highest BCUT2D eigenvalue weighted by atomic mass is 16.4. The normalized spacial score (nSPS) is 22.0. The maximum atomic E-state index is 12.1. The molecular weight excluding hydrogens is 260 g/mol. The minimum Gasteiger partial charge on any atom is -0.481 e. The molecule has 0 aliphatic heterocycles. The van der Waals surface area contributed by atoms with Gasteiger partial charge in [0.2, 0.25) is 0 Å². The summed E-state index contributed by atoms with van der Waals surface area (Å²) in [4.78, 5) is 23.0. The fourth-order valence-electron chi connectivity index (χ4n) is 2.59. The van der Waals surface area contributed by atoms with Crippen molar-refractivity contribution in [3.8, 4) is 0 Å². The van der Waals surface area contributed by atoms with Crippen LogP contribution in [0.2, 0.25) is 0 Å². The molecular formula is C13H14N4O3. The van der Waals surface area contributed by atoms with Crippen molar-refractivity contribution in [1.29, 1.82) is 0 Å².